The van der Waals surface area contributed by atoms with E-state index in [2.05, 4.69) is 0 Å². The topological polar surface area (TPSA) is 75.7 Å². The molecule has 0 bridgehead atoms. The van der Waals surface area contributed by atoms with Crippen molar-refractivity contribution in [1.82, 2.24) is 0 Å². The second-order valence-corrected chi connectivity index (χ2v) is 2.22. The largest absolute Gasteiger partial charge is 0.394 e. The smallest absolute Gasteiger partial charge is 0.0928 e. The third-order valence-electron chi connectivity index (χ3n) is 1.04. The van der Waals surface area contributed by atoms with Crippen LogP contribution >= 0.6 is 0 Å². The molecular formula is C6H15NO3. The predicted octanol–water partition coefficient (Wildman–Crippen LogP) is -1.30. The van der Waals surface area contributed by atoms with Gasteiger partial charge in [0.2, 0.25) is 0 Å². The Balaban J connectivity index is 3.26. The van der Waals surface area contributed by atoms with Gasteiger partial charge in [0.05, 0.1) is 25.4 Å². The first-order valence-corrected chi connectivity index (χ1v) is 3.31. The zero-order chi connectivity index (χ0) is 7.98. The van der Waals surface area contributed by atoms with Gasteiger partial charge in [0.25, 0.3) is 0 Å². The highest BCUT2D eigenvalue weighted by Crippen LogP contribution is 1.90. The molecule has 0 saturated heterocycles. The summed E-state index contributed by atoms with van der Waals surface area (Å²) in [6.07, 6.45) is -0.838. The molecule has 4 nitrogen and oxygen atoms in total. The van der Waals surface area contributed by atoms with E-state index in [4.69, 9.17) is 20.7 Å². The Hall–Kier alpha value is -0.160. The molecule has 0 fully saturated rings. The highest BCUT2D eigenvalue weighted by atomic mass is 16.5. The second kappa shape index (κ2) is 5.61. The summed E-state index contributed by atoms with van der Waals surface area (Å²) >= 11 is 0. The number of rotatable bonds is 5. The van der Waals surface area contributed by atoms with Crippen molar-refractivity contribution in [3.05, 3.63) is 0 Å². The van der Waals surface area contributed by atoms with Crippen LogP contribution in [0.5, 0.6) is 0 Å². The van der Waals surface area contributed by atoms with Gasteiger partial charge in [-0.05, 0) is 6.92 Å². The lowest BCUT2D eigenvalue weighted by Crippen LogP contribution is -2.30. The Bertz CT molecular complexity index is 73.4. The Kier molecular flexibility index (Phi) is 5.52. The zero-order valence-electron chi connectivity index (χ0n) is 6.16. The zero-order valence-corrected chi connectivity index (χ0v) is 6.16. The average molecular weight is 149 g/mol. The van der Waals surface area contributed by atoms with E-state index in [1.165, 1.54) is 0 Å². The van der Waals surface area contributed by atoms with Gasteiger partial charge in [-0.25, -0.2) is 0 Å². The molecule has 2 atom stereocenters. The van der Waals surface area contributed by atoms with Gasteiger partial charge in [0.15, 0.2) is 0 Å². The minimum atomic E-state index is -0.499. The number of aliphatic hydroxyl groups excluding tert-OH is 2. The molecule has 0 rings (SSSR count). The lowest BCUT2D eigenvalue weighted by molar-refractivity contribution is -0.0220. The Morgan fingerprint density at radius 1 is 1.60 bits per heavy atom. The monoisotopic (exact) mass is 149 g/mol. The molecule has 0 aliphatic carbocycles. The summed E-state index contributed by atoms with van der Waals surface area (Å²) in [5.41, 5.74) is 5.20. The van der Waals surface area contributed by atoms with Crippen molar-refractivity contribution in [2.45, 2.75) is 19.1 Å². The van der Waals surface area contributed by atoms with Crippen LogP contribution in [-0.4, -0.2) is 42.2 Å². The van der Waals surface area contributed by atoms with Crippen molar-refractivity contribution in [2.24, 2.45) is 5.73 Å². The van der Waals surface area contributed by atoms with Gasteiger partial charge >= 0.3 is 0 Å². The van der Waals surface area contributed by atoms with Gasteiger partial charge in [-0.15, -0.1) is 0 Å². The SMILES string of the molecule is CC(O)COC(CN)CO. The summed E-state index contributed by atoms with van der Waals surface area (Å²) in [5, 5.41) is 17.3. The van der Waals surface area contributed by atoms with E-state index in [1.54, 1.807) is 6.92 Å². The maximum Gasteiger partial charge on any atom is 0.0928 e. The Labute approximate surface area is 60.6 Å². The molecule has 2 unspecified atom stereocenters. The molecule has 0 saturated carbocycles. The summed E-state index contributed by atoms with van der Waals surface area (Å²) in [6, 6.07) is 0. The molecule has 62 valence electrons. The van der Waals surface area contributed by atoms with Crippen molar-refractivity contribution < 1.29 is 14.9 Å². The van der Waals surface area contributed by atoms with Crippen LogP contribution < -0.4 is 5.73 Å². The van der Waals surface area contributed by atoms with Gasteiger partial charge in [-0.3, -0.25) is 0 Å². The van der Waals surface area contributed by atoms with Gasteiger partial charge in [0, 0.05) is 6.54 Å². The average Bonchev–Trinajstić information content (AvgIpc) is 1.90. The third kappa shape index (κ3) is 4.69. The van der Waals surface area contributed by atoms with Gasteiger partial charge < -0.3 is 20.7 Å². The van der Waals surface area contributed by atoms with Crippen LogP contribution in [0, 0.1) is 0 Å². The van der Waals surface area contributed by atoms with Crippen molar-refractivity contribution in [2.75, 3.05) is 19.8 Å². The number of aliphatic hydroxyl groups is 2. The van der Waals surface area contributed by atoms with E-state index in [1.807, 2.05) is 0 Å². The summed E-state index contributed by atoms with van der Waals surface area (Å²) < 4.78 is 4.98. The van der Waals surface area contributed by atoms with E-state index < -0.39 is 6.10 Å². The molecule has 0 aliphatic heterocycles. The molecule has 0 radical (unpaired) electrons. The van der Waals surface area contributed by atoms with E-state index in [0.717, 1.165) is 0 Å². The summed E-state index contributed by atoms with van der Waals surface area (Å²) in [6.45, 7) is 2.03. The van der Waals surface area contributed by atoms with Crippen molar-refractivity contribution >= 4 is 0 Å². The maximum atomic E-state index is 8.74. The summed E-state index contributed by atoms with van der Waals surface area (Å²) in [5.74, 6) is 0. The molecule has 4 N–H and O–H groups in total. The number of hydrogen-bond donors (Lipinski definition) is 3. The molecule has 4 heteroatoms. The van der Waals surface area contributed by atoms with Crippen molar-refractivity contribution in [3.8, 4) is 0 Å². The lowest BCUT2D eigenvalue weighted by Gasteiger charge is -2.13. The first kappa shape index (κ1) is 9.84. The van der Waals surface area contributed by atoms with Crippen LogP contribution in [0.15, 0.2) is 0 Å². The van der Waals surface area contributed by atoms with Crippen LogP contribution in [0.2, 0.25) is 0 Å². The van der Waals surface area contributed by atoms with Gasteiger partial charge in [0.1, 0.15) is 0 Å². The van der Waals surface area contributed by atoms with E-state index in [9.17, 15) is 0 Å². The highest BCUT2D eigenvalue weighted by molar-refractivity contribution is 4.56. The lowest BCUT2D eigenvalue weighted by atomic mass is 10.4. The molecule has 0 heterocycles. The normalized spacial score (nSPS) is 16.8. The fourth-order valence-electron chi connectivity index (χ4n) is 0.471. The Morgan fingerprint density at radius 3 is 2.50 bits per heavy atom. The third-order valence-corrected chi connectivity index (χ3v) is 1.04. The predicted molar refractivity (Wildman–Crippen MR) is 37.6 cm³/mol. The van der Waals surface area contributed by atoms with E-state index in [-0.39, 0.29) is 25.9 Å². The minimum absolute atomic E-state index is 0.0940. The first-order valence-electron chi connectivity index (χ1n) is 3.31. The van der Waals surface area contributed by atoms with E-state index in [0.29, 0.717) is 0 Å². The standard InChI is InChI=1S/C6H15NO3/c1-5(9)4-10-6(2-7)3-8/h5-6,8-9H,2-4,7H2,1H3. The number of nitrogens with two attached hydrogens (primary N) is 1. The molecular weight excluding hydrogens is 134 g/mol. The fraction of sp³-hybridized carbons (Fsp3) is 1.00. The van der Waals surface area contributed by atoms with Crippen LogP contribution in [0.1, 0.15) is 6.92 Å². The van der Waals surface area contributed by atoms with Gasteiger partial charge in [-0.2, -0.15) is 0 Å². The molecule has 0 aromatic carbocycles. The number of hydrogen-bond acceptors (Lipinski definition) is 4. The van der Waals surface area contributed by atoms with Crippen LogP contribution in [0.3, 0.4) is 0 Å². The summed E-state index contributed by atoms with van der Waals surface area (Å²) in [7, 11) is 0. The summed E-state index contributed by atoms with van der Waals surface area (Å²) in [4.78, 5) is 0. The molecule has 0 spiro atoms. The quantitative estimate of drug-likeness (QED) is 0.454. The van der Waals surface area contributed by atoms with Gasteiger partial charge in [-0.1, -0.05) is 0 Å². The van der Waals surface area contributed by atoms with Crippen molar-refractivity contribution in [3.63, 3.8) is 0 Å². The number of ether oxygens (including phenoxy) is 1. The van der Waals surface area contributed by atoms with Crippen molar-refractivity contribution in [1.29, 1.82) is 0 Å². The maximum absolute atomic E-state index is 8.74. The Morgan fingerprint density at radius 2 is 2.20 bits per heavy atom. The molecule has 0 aliphatic rings. The minimum Gasteiger partial charge on any atom is -0.394 e. The van der Waals surface area contributed by atoms with E-state index >= 15 is 0 Å². The highest BCUT2D eigenvalue weighted by Gasteiger charge is 2.05. The first-order chi connectivity index (χ1) is 4.70. The molecule has 0 aromatic rings. The fourth-order valence-corrected chi connectivity index (χ4v) is 0.471. The molecule has 10 heavy (non-hydrogen) atoms. The molecule has 0 amide bonds. The second-order valence-electron chi connectivity index (χ2n) is 2.22. The van der Waals surface area contributed by atoms with Crippen LogP contribution in [0.4, 0.5) is 0 Å². The molecule has 0 aromatic heterocycles. The van der Waals surface area contributed by atoms with Crippen LogP contribution in [0.25, 0.3) is 0 Å². The van der Waals surface area contributed by atoms with Crippen LogP contribution in [-0.2, 0) is 4.74 Å².